The predicted molar refractivity (Wildman–Crippen MR) is 125 cm³/mol. The van der Waals surface area contributed by atoms with Crippen molar-refractivity contribution in [2.24, 2.45) is 0 Å². The molecule has 0 saturated heterocycles. The summed E-state index contributed by atoms with van der Waals surface area (Å²) in [7, 11) is 2.61. The fraction of sp³-hybridized carbons (Fsp3) is 0.167. The van der Waals surface area contributed by atoms with Crippen LogP contribution in [-0.2, 0) is 6.42 Å². The highest BCUT2D eigenvalue weighted by Gasteiger charge is 2.26. The van der Waals surface area contributed by atoms with Gasteiger partial charge in [0.15, 0.2) is 0 Å². The zero-order valence-electron chi connectivity index (χ0n) is 16.6. The van der Waals surface area contributed by atoms with Crippen molar-refractivity contribution in [1.29, 1.82) is 0 Å². The van der Waals surface area contributed by atoms with Crippen LogP contribution in [0.15, 0.2) is 66.7 Å². The summed E-state index contributed by atoms with van der Waals surface area (Å²) < 4.78 is 0. The van der Waals surface area contributed by atoms with Crippen molar-refractivity contribution < 1.29 is 9.59 Å². The van der Waals surface area contributed by atoms with Crippen LogP contribution in [0.3, 0.4) is 0 Å². The first-order valence-electron chi connectivity index (χ1n) is 9.79. The molecule has 2 amide bonds. The van der Waals surface area contributed by atoms with Gasteiger partial charge in [0.1, 0.15) is 0 Å². The van der Waals surface area contributed by atoms with Gasteiger partial charge in [-0.3, -0.25) is 9.59 Å². The van der Waals surface area contributed by atoms with Crippen LogP contribution in [0, 0.1) is 0 Å². The van der Waals surface area contributed by atoms with E-state index in [4.69, 9.17) is 11.6 Å². The maximum absolute atomic E-state index is 12.9. The monoisotopic (exact) mass is 436 g/mol. The molecule has 4 nitrogen and oxygen atoms in total. The number of carbonyl (C=O) groups excluding carboxylic acids is 2. The summed E-state index contributed by atoms with van der Waals surface area (Å²) in [6, 6.07) is 20.3. The number of amides is 2. The molecule has 6 heteroatoms. The SMILES string of the molecule is C[C@@H](NC(=O)c1ccc(P)cc1)c1ccc2c(c1)CCN2C(=O)c1cccc(Cl)c1. The Bertz CT molecular complexity index is 1110. The molecule has 0 saturated carbocycles. The Balaban J connectivity index is 1.50. The normalized spacial score (nSPS) is 13.6. The molecule has 0 fully saturated rings. The lowest BCUT2D eigenvalue weighted by molar-refractivity contribution is 0.0938. The fourth-order valence-corrected chi connectivity index (χ4v) is 4.06. The van der Waals surface area contributed by atoms with Crippen LogP contribution in [0.1, 0.15) is 44.8 Å². The number of anilines is 1. The summed E-state index contributed by atoms with van der Waals surface area (Å²) in [6.45, 7) is 2.60. The van der Waals surface area contributed by atoms with Gasteiger partial charge in [0.25, 0.3) is 11.8 Å². The Morgan fingerprint density at radius 1 is 1.03 bits per heavy atom. The summed E-state index contributed by atoms with van der Waals surface area (Å²) in [6.07, 6.45) is 0.784. The number of hydrogen-bond acceptors (Lipinski definition) is 2. The molecule has 3 aromatic carbocycles. The third kappa shape index (κ3) is 4.26. The van der Waals surface area contributed by atoms with Gasteiger partial charge in [-0.1, -0.05) is 41.9 Å². The van der Waals surface area contributed by atoms with Gasteiger partial charge in [0, 0.05) is 28.4 Å². The second-order valence-electron chi connectivity index (χ2n) is 7.42. The topological polar surface area (TPSA) is 49.4 Å². The zero-order chi connectivity index (χ0) is 21.3. The molecule has 0 aromatic heterocycles. The summed E-state index contributed by atoms with van der Waals surface area (Å²) in [5.41, 5.74) is 4.25. The number of carbonyl (C=O) groups is 2. The van der Waals surface area contributed by atoms with E-state index in [1.54, 1.807) is 29.2 Å². The quantitative estimate of drug-likeness (QED) is 0.611. The molecule has 4 rings (SSSR count). The molecule has 0 spiro atoms. The molecule has 1 unspecified atom stereocenters. The highest BCUT2D eigenvalue weighted by Crippen LogP contribution is 2.32. The van der Waals surface area contributed by atoms with Gasteiger partial charge < -0.3 is 10.2 Å². The zero-order valence-corrected chi connectivity index (χ0v) is 18.5. The Labute approximate surface area is 183 Å². The third-order valence-electron chi connectivity index (χ3n) is 5.34. The molecule has 1 heterocycles. The van der Waals surface area contributed by atoms with Crippen LogP contribution >= 0.6 is 20.8 Å². The van der Waals surface area contributed by atoms with Crippen LogP contribution in [0.2, 0.25) is 5.02 Å². The van der Waals surface area contributed by atoms with E-state index in [9.17, 15) is 9.59 Å². The summed E-state index contributed by atoms with van der Waals surface area (Å²) in [5, 5.41) is 4.63. The molecule has 1 aliphatic rings. The van der Waals surface area contributed by atoms with E-state index in [-0.39, 0.29) is 17.9 Å². The predicted octanol–water partition coefficient (Wildman–Crippen LogP) is 4.53. The van der Waals surface area contributed by atoms with Gasteiger partial charge in [-0.2, -0.15) is 0 Å². The minimum absolute atomic E-state index is 0.0529. The molecular weight excluding hydrogens is 415 g/mol. The van der Waals surface area contributed by atoms with E-state index in [2.05, 4.69) is 20.6 Å². The molecule has 0 bridgehead atoms. The van der Waals surface area contributed by atoms with Crippen molar-refractivity contribution in [2.45, 2.75) is 19.4 Å². The van der Waals surface area contributed by atoms with Crippen molar-refractivity contribution in [2.75, 3.05) is 11.4 Å². The van der Waals surface area contributed by atoms with Crippen molar-refractivity contribution in [3.8, 4) is 0 Å². The largest absolute Gasteiger partial charge is 0.346 e. The van der Waals surface area contributed by atoms with E-state index in [0.29, 0.717) is 22.7 Å². The Morgan fingerprint density at radius 2 is 1.80 bits per heavy atom. The Morgan fingerprint density at radius 3 is 2.53 bits per heavy atom. The van der Waals surface area contributed by atoms with Crippen molar-refractivity contribution in [1.82, 2.24) is 5.32 Å². The molecule has 2 atom stereocenters. The van der Waals surface area contributed by atoms with Crippen LogP contribution in [0.25, 0.3) is 0 Å². The van der Waals surface area contributed by atoms with Gasteiger partial charge >= 0.3 is 0 Å². The van der Waals surface area contributed by atoms with Crippen LogP contribution in [-0.4, -0.2) is 18.4 Å². The van der Waals surface area contributed by atoms with Crippen LogP contribution in [0.4, 0.5) is 5.69 Å². The van der Waals surface area contributed by atoms with E-state index >= 15 is 0 Å². The average molecular weight is 437 g/mol. The summed E-state index contributed by atoms with van der Waals surface area (Å²) >= 11 is 6.04. The molecule has 152 valence electrons. The second kappa shape index (κ2) is 8.59. The minimum Gasteiger partial charge on any atom is -0.346 e. The first-order valence-corrected chi connectivity index (χ1v) is 10.7. The molecule has 0 aliphatic carbocycles. The van der Waals surface area contributed by atoms with Crippen molar-refractivity contribution in [3.63, 3.8) is 0 Å². The molecule has 30 heavy (non-hydrogen) atoms. The maximum atomic E-state index is 12.9. The highest BCUT2D eigenvalue weighted by atomic mass is 35.5. The average Bonchev–Trinajstić information content (AvgIpc) is 3.16. The van der Waals surface area contributed by atoms with E-state index in [1.807, 2.05) is 43.3 Å². The highest BCUT2D eigenvalue weighted by molar-refractivity contribution is 7.27. The first-order chi connectivity index (χ1) is 14.4. The number of fused-ring (bicyclic) bond motifs is 1. The lowest BCUT2D eigenvalue weighted by atomic mass is 10.0. The number of halogens is 1. The van der Waals surface area contributed by atoms with Crippen LogP contribution in [0.5, 0.6) is 0 Å². The van der Waals surface area contributed by atoms with E-state index in [1.165, 1.54) is 0 Å². The van der Waals surface area contributed by atoms with E-state index < -0.39 is 0 Å². The molecular formula is C24H22ClN2O2P. The molecule has 3 aromatic rings. The number of benzene rings is 3. The van der Waals surface area contributed by atoms with Crippen molar-refractivity contribution >= 4 is 43.6 Å². The minimum atomic E-state index is -0.142. The van der Waals surface area contributed by atoms with E-state index in [0.717, 1.165) is 28.5 Å². The summed E-state index contributed by atoms with van der Waals surface area (Å²) in [4.78, 5) is 27.2. The van der Waals surface area contributed by atoms with Crippen molar-refractivity contribution in [3.05, 3.63) is 94.0 Å². The van der Waals surface area contributed by atoms with Gasteiger partial charge in [0.2, 0.25) is 0 Å². The first kappa shape index (κ1) is 20.6. The second-order valence-corrected chi connectivity index (χ2v) is 8.53. The van der Waals surface area contributed by atoms with Gasteiger partial charge in [-0.15, -0.1) is 9.24 Å². The maximum Gasteiger partial charge on any atom is 0.258 e. The fourth-order valence-electron chi connectivity index (χ4n) is 3.68. The molecule has 0 radical (unpaired) electrons. The van der Waals surface area contributed by atoms with Gasteiger partial charge in [-0.25, -0.2) is 0 Å². The Kier molecular flexibility index (Phi) is 5.90. The van der Waals surface area contributed by atoms with Gasteiger partial charge in [0.05, 0.1) is 6.04 Å². The number of rotatable bonds is 4. The standard InChI is InChI=1S/C24H22ClN2O2P/c1-15(26-23(28)16-5-8-21(30)9-6-16)17-7-10-22-18(13-17)11-12-27(22)24(29)19-3-2-4-20(25)14-19/h2-10,13-15H,11-12,30H2,1H3,(H,26,28)/t15-/m1/s1. The molecule has 1 aliphatic heterocycles. The van der Waals surface area contributed by atoms with Gasteiger partial charge in [-0.05, 0) is 66.2 Å². The number of nitrogens with zero attached hydrogens (tertiary/aromatic N) is 1. The molecule has 1 N–H and O–H groups in total. The lowest BCUT2D eigenvalue weighted by Gasteiger charge is -2.19. The lowest BCUT2D eigenvalue weighted by Crippen LogP contribution is -2.29. The summed E-state index contributed by atoms with van der Waals surface area (Å²) in [5.74, 6) is -0.159. The Hall–Kier alpha value is -2.68. The smallest absolute Gasteiger partial charge is 0.258 e. The third-order valence-corrected chi connectivity index (χ3v) is 5.96. The number of nitrogens with one attached hydrogen (secondary N) is 1. The van der Waals surface area contributed by atoms with Crippen LogP contribution < -0.4 is 15.5 Å². The number of hydrogen-bond donors (Lipinski definition) is 1.